The number of carbonyl (C=O) groups is 1. The molecule has 1 aliphatic carbocycles. The highest BCUT2D eigenvalue weighted by molar-refractivity contribution is 14.0. The van der Waals surface area contributed by atoms with E-state index in [0.29, 0.717) is 12.5 Å². The lowest BCUT2D eigenvalue weighted by atomic mass is 9.88. The fraction of sp³-hybridized carbons (Fsp3) is 0.522. The Morgan fingerprint density at radius 3 is 2.71 bits per heavy atom. The Morgan fingerprint density at radius 1 is 1.16 bits per heavy atom. The summed E-state index contributed by atoms with van der Waals surface area (Å²) in [4.78, 5) is 19.2. The summed E-state index contributed by atoms with van der Waals surface area (Å²) < 4.78 is 1.87. The molecule has 0 radical (unpaired) electrons. The first-order valence-corrected chi connectivity index (χ1v) is 11.1. The van der Waals surface area contributed by atoms with Crippen molar-refractivity contribution < 1.29 is 4.79 Å². The molecule has 2 N–H and O–H groups in total. The lowest BCUT2D eigenvalue weighted by Gasteiger charge is -2.26. The van der Waals surface area contributed by atoms with E-state index in [1.165, 1.54) is 19.3 Å². The average molecular weight is 536 g/mol. The van der Waals surface area contributed by atoms with Gasteiger partial charge in [0.25, 0.3) is 0 Å². The van der Waals surface area contributed by atoms with Crippen molar-refractivity contribution in [2.24, 2.45) is 10.9 Å². The maximum Gasteiger partial charge on any atom is 0.225 e. The number of nitrogens with zero attached hydrogens (tertiary/aromatic N) is 4. The van der Waals surface area contributed by atoms with Crippen molar-refractivity contribution in [3.05, 3.63) is 48.3 Å². The van der Waals surface area contributed by atoms with Gasteiger partial charge in [0.05, 0.1) is 5.69 Å². The topological polar surface area (TPSA) is 74.6 Å². The van der Waals surface area contributed by atoms with Gasteiger partial charge in [-0.25, -0.2) is 4.68 Å². The van der Waals surface area contributed by atoms with Crippen LogP contribution in [0.15, 0.2) is 47.7 Å². The Kier molecular flexibility index (Phi) is 8.74. The second kappa shape index (κ2) is 11.5. The van der Waals surface area contributed by atoms with Crippen LogP contribution in [0.1, 0.15) is 44.1 Å². The molecule has 168 valence electrons. The first kappa shape index (κ1) is 23.6. The number of para-hydroxylation sites is 1. The Bertz CT molecular complexity index is 863. The number of hydrogen-bond donors (Lipinski definition) is 2. The van der Waals surface area contributed by atoms with E-state index < -0.39 is 0 Å². The summed E-state index contributed by atoms with van der Waals surface area (Å²) in [5.74, 6) is 1.37. The molecule has 0 bridgehead atoms. The van der Waals surface area contributed by atoms with Gasteiger partial charge in [-0.1, -0.05) is 37.5 Å². The number of benzene rings is 1. The third-order valence-corrected chi connectivity index (χ3v) is 6.21. The lowest BCUT2D eigenvalue weighted by molar-refractivity contribution is -0.135. The van der Waals surface area contributed by atoms with Gasteiger partial charge in [-0.15, -0.1) is 24.0 Å². The number of nitrogens with one attached hydrogen (secondary N) is 2. The maximum absolute atomic E-state index is 12.8. The summed E-state index contributed by atoms with van der Waals surface area (Å²) in [6.07, 6.45) is 10.5. The second-order valence-electron chi connectivity index (χ2n) is 8.25. The predicted molar refractivity (Wildman–Crippen MR) is 134 cm³/mol. The van der Waals surface area contributed by atoms with Crippen LogP contribution >= 0.6 is 24.0 Å². The summed E-state index contributed by atoms with van der Waals surface area (Å²) in [7, 11) is 1.79. The number of likely N-dealkylation sites (tertiary alicyclic amines) is 1. The molecule has 1 aromatic heterocycles. The highest BCUT2D eigenvalue weighted by Crippen LogP contribution is 2.26. The van der Waals surface area contributed by atoms with Crippen molar-refractivity contribution in [2.45, 2.75) is 51.1 Å². The van der Waals surface area contributed by atoms with Crippen LogP contribution in [0, 0.1) is 5.92 Å². The molecule has 2 fully saturated rings. The van der Waals surface area contributed by atoms with Crippen molar-refractivity contribution in [3.63, 3.8) is 0 Å². The molecule has 1 saturated heterocycles. The van der Waals surface area contributed by atoms with Gasteiger partial charge in [0.15, 0.2) is 5.96 Å². The average Bonchev–Trinajstić information content (AvgIpc) is 3.49. The van der Waals surface area contributed by atoms with Crippen LogP contribution in [0.5, 0.6) is 0 Å². The number of aromatic nitrogens is 2. The quantitative estimate of drug-likeness (QED) is 0.350. The standard InChI is InChI=1S/C23H32N6O.HI/c1-24-23(25-16-19-10-5-6-11-21(19)29-14-7-13-26-29)27-20-12-15-28(17-20)22(30)18-8-3-2-4-9-18;/h5-7,10-11,13-14,18,20H,2-4,8-9,12,15-17H2,1H3,(H2,24,25,27);1H. The summed E-state index contributed by atoms with van der Waals surface area (Å²) >= 11 is 0. The van der Waals surface area contributed by atoms with E-state index in [1.54, 1.807) is 13.2 Å². The molecule has 2 heterocycles. The van der Waals surface area contributed by atoms with E-state index in [9.17, 15) is 4.79 Å². The summed E-state index contributed by atoms with van der Waals surface area (Å²) in [6, 6.07) is 10.4. The monoisotopic (exact) mass is 536 g/mol. The Morgan fingerprint density at radius 2 is 1.97 bits per heavy atom. The molecule has 4 rings (SSSR count). The largest absolute Gasteiger partial charge is 0.352 e. The molecule has 2 aliphatic rings. The van der Waals surface area contributed by atoms with E-state index in [0.717, 1.165) is 49.6 Å². The van der Waals surface area contributed by atoms with Crippen molar-refractivity contribution >= 4 is 35.8 Å². The molecule has 7 nitrogen and oxygen atoms in total. The van der Waals surface area contributed by atoms with Gasteiger partial charge < -0.3 is 15.5 Å². The first-order chi connectivity index (χ1) is 14.7. The minimum absolute atomic E-state index is 0. The number of carbonyl (C=O) groups excluding carboxylic acids is 1. The van der Waals surface area contributed by atoms with Crippen molar-refractivity contribution in [1.29, 1.82) is 0 Å². The zero-order valence-corrected chi connectivity index (χ0v) is 20.5. The number of amides is 1. The normalized spacial score (nSPS) is 19.7. The third-order valence-electron chi connectivity index (χ3n) is 6.21. The van der Waals surface area contributed by atoms with Crippen LogP contribution in [0.2, 0.25) is 0 Å². The van der Waals surface area contributed by atoms with E-state index in [4.69, 9.17) is 0 Å². The molecule has 31 heavy (non-hydrogen) atoms. The Hall–Kier alpha value is -2.10. The molecule has 1 saturated carbocycles. The molecular formula is C23H33IN6O. The molecule has 1 aliphatic heterocycles. The molecule has 2 aromatic rings. The zero-order valence-electron chi connectivity index (χ0n) is 18.2. The van der Waals surface area contributed by atoms with Gasteiger partial charge >= 0.3 is 0 Å². The van der Waals surface area contributed by atoms with Gasteiger partial charge in [0.2, 0.25) is 5.91 Å². The minimum atomic E-state index is 0. The van der Waals surface area contributed by atoms with Gasteiger partial charge in [-0.3, -0.25) is 9.79 Å². The molecular weight excluding hydrogens is 503 g/mol. The number of halogens is 1. The Labute approximate surface area is 201 Å². The van der Waals surface area contributed by atoms with Crippen molar-refractivity contribution in [2.75, 3.05) is 20.1 Å². The smallest absolute Gasteiger partial charge is 0.225 e. The van der Waals surface area contributed by atoms with Crippen LogP contribution in [-0.2, 0) is 11.3 Å². The second-order valence-corrected chi connectivity index (χ2v) is 8.25. The van der Waals surface area contributed by atoms with E-state index >= 15 is 0 Å². The van der Waals surface area contributed by atoms with Crippen LogP contribution in [0.3, 0.4) is 0 Å². The van der Waals surface area contributed by atoms with Gasteiger partial charge in [-0.05, 0) is 37.0 Å². The lowest BCUT2D eigenvalue weighted by Crippen LogP contribution is -2.45. The van der Waals surface area contributed by atoms with Crippen LogP contribution in [0.4, 0.5) is 0 Å². The maximum atomic E-state index is 12.8. The third kappa shape index (κ3) is 5.99. The number of rotatable bonds is 5. The predicted octanol–water partition coefficient (Wildman–Crippen LogP) is 3.34. The zero-order chi connectivity index (χ0) is 20.8. The molecule has 1 unspecified atom stereocenters. The fourth-order valence-electron chi connectivity index (χ4n) is 4.55. The highest BCUT2D eigenvalue weighted by Gasteiger charge is 2.31. The van der Waals surface area contributed by atoms with Gasteiger partial charge in [0, 0.05) is 51.0 Å². The molecule has 1 atom stereocenters. The van der Waals surface area contributed by atoms with Gasteiger partial charge in [-0.2, -0.15) is 5.10 Å². The van der Waals surface area contributed by atoms with E-state index in [1.807, 2.05) is 34.0 Å². The van der Waals surface area contributed by atoms with Crippen LogP contribution < -0.4 is 10.6 Å². The molecule has 8 heteroatoms. The van der Waals surface area contributed by atoms with E-state index in [-0.39, 0.29) is 35.9 Å². The number of hydrogen-bond acceptors (Lipinski definition) is 3. The highest BCUT2D eigenvalue weighted by atomic mass is 127. The van der Waals surface area contributed by atoms with Crippen molar-refractivity contribution in [1.82, 2.24) is 25.3 Å². The summed E-state index contributed by atoms with van der Waals surface area (Å²) in [5.41, 5.74) is 2.19. The molecule has 1 amide bonds. The van der Waals surface area contributed by atoms with E-state index in [2.05, 4.69) is 32.9 Å². The SMILES string of the molecule is CN=C(NCc1ccccc1-n1cccn1)NC1CCN(C(=O)C2CCCCC2)C1.I. The number of guanidine groups is 1. The van der Waals surface area contributed by atoms with Crippen LogP contribution in [-0.4, -0.2) is 52.7 Å². The van der Waals surface area contributed by atoms with Gasteiger partial charge in [0.1, 0.15) is 0 Å². The molecule has 1 aromatic carbocycles. The first-order valence-electron chi connectivity index (χ1n) is 11.1. The van der Waals surface area contributed by atoms with Crippen molar-refractivity contribution in [3.8, 4) is 5.69 Å². The summed E-state index contributed by atoms with van der Waals surface area (Å²) in [6.45, 7) is 2.25. The molecule has 0 spiro atoms. The summed E-state index contributed by atoms with van der Waals surface area (Å²) in [5, 5.41) is 11.3. The Balaban J connectivity index is 0.00000272. The minimum Gasteiger partial charge on any atom is -0.352 e. The van der Waals surface area contributed by atoms with Crippen LogP contribution in [0.25, 0.3) is 5.69 Å². The number of aliphatic imine (C=N–C) groups is 1. The fourth-order valence-corrected chi connectivity index (χ4v) is 4.55.